The van der Waals surface area contributed by atoms with Crippen molar-refractivity contribution in [3.05, 3.63) is 16.1 Å². The molecule has 4 nitrogen and oxygen atoms in total. The van der Waals surface area contributed by atoms with Gasteiger partial charge in [-0.15, -0.1) is 11.3 Å². The van der Waals surface area contributed by atoms with Gasteiger partial charge in [-0.1, -0.05) is 0 Å². The van der Waals surface area contributed by atoms with E-state index in [1.54, 1.807) is 5.38 Å². The standard InChI is InChI=1S/C10H13NO3S2/c1-7(12)9-6-15-10(11-9)5-8-3-2-4-16(8,13)14/h6,8H,2-5H2,1H3. The van der Waals surface area contributed by atoms with E-state index in [4.69, 9.17) is 0 Å². The molecule has 0 aliphatic carbocycles. The van der Waals surface area contributed by atoms with Gasteiger partial charge in [-0.2, -0.15) is 0 Å². The summed E-state index contributed by atoms with van der Waals surface area (Å²) in [7, 11) is -2.91. The van der Waals surface area contributed by atoms with E-state index >= 15 is 0 Å². The number of carbonyl (C=O) groups is 1. The van der Waals surface area contributed by atoms with E-state index in [9.17, 15) is 13.2 Å². The molecule has 1 aliphatic heterocycles. The van der Waals surface area contributed by atoms with Crippen LogP contribution in [0.25, 0.3) is 0 Å². The van der Waals surface area contributed by atoms with Crippen LogP contribution in [0.15, 0.2) is 5.38 Å². The van der Waals surface area contributed by atoms with Gasteiger partial charge in [0.1, 0.15) is 5.69 Å². The molecule has 1 fully saturated rings. The van der Waals surface area contributed by atoms with Crippen LogP contribution in [-0.4, -0.2) is 30.2 Å². The maximum absolute atomic E-state index is 11.6. The van der Waals surface area contributed by atoms with Gasteiger partial charge in [0, 0.05) is 18.7 Å². The monoisotopic (exact) mass is 259 g/mol. The summed E-state index contributed by atoms with van der Waals surface area (Å²) in [5.74, 6) is 0.222. The Labute approximate surface area is 98.6 Å². The molecule has 0 N–H and O–H groups in total. The minimum Gasteiger partial charge on any atom is -0.293 e. The summed E-state index contributed by atoms with van der Waals surface area (Å²) in [6, 6.07) is 0. The lowest BCUT2D eigenvalue weighted by molar-refractivity contribution is 0.101. The van der Waals surface area contributed by atoms with Gasteiger partial charge in [-0.25, -0.2) is 13.4 Å². The van der Waals surface area contributed by atoms with Gasteiger partial charge in [0.2, 0.25) is 0 Å². The maximum Gasteiger partial charge on any atom is 0.178 e. The first-order chi connectivity index (χ1) is 7.49. The first-order valence-corrected chi connectivity index (χ1v) is 7.75. The summed E-state index contributed by atoms with van der Waals surface area (Å²) in [6.07, 6.45) is 1.93. The van der Waals surface area contributed by atoms with E-state index in [2.05, 4.69) is 4.98 Å². The molecule has 0 radical (unpaired) electrons. The molecule has 88 valence electrons. The zero-order valence-corrected chi connectivity index (χ0v) is 10.6. The van der Waals surface area contributed by atoms with E-state index < -0.39 is 9.84 Å². The lowest BCUT2D eigenvalue weighted by Gasteiger charge is -2.05. The van der Waals surface area contributed by atoms with Crippen LogP contribution in [-0.2, 0) is 16.3 Å². The minimum atomic E-state index is -2.91. The van der Waals surface area contributed by atoms with Gasteiger partial charge >= 0.3 is 0 Å². The van der Waals surface area contributed by atoms with Gasteiger partial charge in [0.05, 0.1) is 16.0 Å². The molecule has 0 amide bonds. The van der Waals surface area contributed by atoms with Crippen molar-refractivity contribution in [1.29, 1.82) is 0 Å². The second-order valence-corrected chi connectivity index (χ2v) is 7.36. The van der Waals surface area contributed by atoms with Crippen LogP contribution in [0, 0.1) is 0 Å². The van der Waals surface area contributed by atoms with Gasteiger partial charge in [-0.3, -0.25) is 4.79 Å². The summed E-state index contributed by atoms with van der Waals surface area (Å²) in [4.78, 5) is 15.2. The van der Waals surface area contributed by atoms with Crippen LogP contribution >= 0.6 is 11.3 Å². The Morgan fingerprint density at radius 3 is 2.88 bits per heavy atom. The third-order valence-electron chi connectivity index (χ3n) is 2.78. The van der Waals surface area contributed by atoms with Crippen LogP contribution < -0.4 is 0 Å². The largest absolute Gasteiger partial charge is 0.293 e. The van der Waals surface area contributed by atoms with E-state index in [1.165, 1.54) is 18.3 Å². The van der Waals surface area contributed by atoms with Crippen molar-refractivity contribution in [3.63, 3.8) is 0 Å². The lowest BCUT2D eigenvalue weighted by Crippen LogP contribution is -2.18. The zero-order chi connectivity index (χ0) is 11.8. The Hall–Kier alpha value is -0.750. The van der Waals surface area contributed by atoms with E-state index in [1.807, 2.05) is 0 Å². The van der Waals surface area contributed by atoms with E-state index in [0.29, 0.717) is 17.9 Å². The number of thiazole rings is 1. The quantitative estimate of drug-likeness (QED) is 0.771. The van der Waals surface area contributed by atoms with Gasteiger partial charge in [0.15, 0.2) is 15.6 Å². The number of Topliss-reactive ketones (excluding diaryl/α,β-unsaturated/α-hetero) is 1. The topological polar surface area (TPSA) is 64.1 Å². The van der Waals surface area contributed by atoms with E-state index in [-0.39, 0.29) is 11.0 Å². The number of rotatable bonds is 3. The molecule has 1 unspecified atom stereocenters. The highest BCUT2D eigenvalue weighted by Crippen LogP contribution is 2.24. The predicted octanol–water partition coefficient (Wildman–Crippen LogP) is 1.47. The fourth-order valence-corrected chi connectivity index (χ4v) is 4.71. The second-order valence-electron chi connectivity index (χ2n) is 4.02. The first kappa shape index (κ1) is 11.7. The van der Waals surface area contributed by atoms with E-state index in [0.717, 1.165) is 17.8 Å². The van der Waals surface area contributed by atoms with Crippen molar-refractivity contribution in [2.24, 2.45) is 0 Å². The first-order valence-electron chi connectivity index (χ1n) is 5.16. The summed E-state index contributed by atoms with van der Waals surface area (Å²) in [5, 5.41) is 2.15. The molecule has 6 heteroatoms. The summed E-state index contributed by atoms with van der Waals surface area (Å²) in [5.41, 5.74) is 0.440. The van der Waals surface area contributed by atoms with Crippen LogP contribution in [0.3, 0.4) is 0 Å². The Kier molecular flexibility index (Phi) is 3.12. The molecular formula is C10H13NO3S2. The predicted molar refractivity (Wildman–Crippen MR) is 62.6 cm³/mol. The van der Waals surface area contributed by atoms with Gasteiger partial charge in [-0.05, 0) is 12.8 Å². The fourth-order valence-electron chi connectivity index (χ4n) is 1.85. The number of sulfone groups is 1. The van der Waals surface area contributed by atoms with Gasteiger partial charge in [0.25, 0.3) is 0 Å². The molecule has 1 aromatic heterocycles. The second kappa shape index (κ2) is 4.25. The van der Waals surface area contributed by atoms with Crippen molar-refractivity contribution in [2.75, 3.05) is 5.75 Å². The number of hydrogen-bond acceptors (Lipinski definition) is 5. The molecule has 2 rings (SSSR count). The van der Waals surface area contributed by atoms with Crippen molar-refractivity contribution >= 4 is 27.0 Å². The average molecular weight is 259 g/mol. The highest BCUT2D eigenvalue weighted by molar-refractivity contribution is 7.92. The minimum absolute atomic E-state index is 0.0724. The SMILES string of the molecule is CC(=O)c1csc(CC2CCCS2(=O)=O)n1. The summed E-state index contributed by atoms with van der Waals surface area (Å²) in [6.45, 7) is 1.46. The molecule has 0 aromatic carbocycles. The lowest BCUT2D eigenvalue weighted by atomic mass is 10.2. The van der Waals surface area contributed by atoms with Crippen LogP contribution in [0.2, 0.25) is 0 Å². The number of carbonyl (C=O) groups excluding carboxylic acids is 1. The van der Waals surface area contributed by atoms with Crippen LogP contribution in [0.5, 0.6) is 0 Å². The van der Waals surface area contributed by atoms with Crippen molar-refractivity contribution < 1.29 is 13.2 Å². The molecule has 1 aliphatic rings. The molecule has 2 heterocycles. The molecule has 1 atom stereocenters. The van der Waals surface area contributed by atoms with Crippen LogP contribution in [0.1, 0.15) is 35.3 Å². The smallest absolute Gasteiger partial charge is 0.178 e. The molecule has 0 spiro atoms. The van der Waals surface area contributed by atoms with Crippen molar-refractivity contribution in [2.45, 2.75) is 31.4 Å². The van der Waals surface area contributed by atoms with Crippen molar-refractivity contribution in [3.8, 4) is 0 Å². The number of ketones is 1. The Balaban J connectivity index is 2.12. The third kappa shape index (κ3) is 2.32. The molecule has 1 saturated heterocycles. The highest BCUT2D eigenvalue weighted by Gasteiger charge is 2.31. The fraction of sp³-hybridized carbons (Fsp3) is 0.600. The molecule has 16 heavy (non-hydrogen) atoms. The number of hydrogen-bond donors (Lipinski definition) is 0. The molecule has 0 bridgehead atoms. The average Bonchev–Trinajstić information content (AvgIpc) is 2.75. The zero-order valence-electron chi connectivity index (χ0n) is 8.97. The number of aromatic nitrogens is 1. The normalized spacial score (nSPS) is 23.4. The third-order valence-corrected chi connectivity index (χ3v) is 5.92. The van der Waals surface area contributed by atoms with Gasteiger partial charge < -0.3 is 0 Å². The maximum atomic E-state index is 11.6. The van der Waals surface area contributed by atoms with Crippen molar-refractivity contribution in [1.82, 2.24) is 4.98 Å². The molecule has 0 saturated carbocycles. The highest BCUT2D eigenvalue weighted by atomic mass is 32.2. The Morgan fingerprint density at radius 1 is 1.62 bits per heavy atom. The molecular weight excluding hydrogens is 246 g/mol. The Bertz CT molecular complexity index is 504. The molecule has 1 aromatic rings. The summed E-state index contributed by atoms with van der Waals surface area (Å²) >= 11 is 1.37. The van der Waals surface area contributed by atoms with Crippen LogP contribution in [0.4, 0.5) is 0 Å². The number of nitrogens with zero attached hydrogens (tertiary/aromatic N) is 1. The Morgan fingerprint density at radius 2 is 2.38 bits per heavy atom. The summed E-state index contributed by atoms with van der Waals surface area (Å²) < 4.78 is 23.2.